The molecule has 21 heavy (non-hydrogen) atoms. The number of amides is 2. The Morgan fingerprint density at radius 3 is 2.95 bits per heavy atom. The van der Waals surface area contributed by atoms with Gasteiger partial charge in [0.2, 0.25) is 5.91 Å². The molecular weight excluding hydrogens is 290 g/mol. The second kappa shape index (κ2) is 6.85. The third kappa shape index (κ3) is 4.03. The minimum absolute atomic E-state index is 0.0747. The van der Waals surface area contributed by atoms with E-state index in [4.69, 9.17) is 4.52 Å². The molecule has 0 aliphatic carbocycles. The molecule has 0 spiro atoms. The van der Waals surface area contributed by atoms with E-state index in [9.17, 15) is 9.59 Å². The van der Waals surface area contributed by atoms with Crippen LogP contribution in [0.15, 0.2) is 40.8 Å². The van der Waals surface area contributed by atoms with Gasteiger partial charge in [-0.15, -0.1) is 17.9 Å². The van der Waals surface area contributed by atoms with Crippen molar-refractivity contribution < 1.29 is 14.1 Å². The Morgan fingerprint density at radius 1 is 1.57 bits per heavy atom. The van der Waals surface area contributed by atoms with Gasteiger partial charge in [-0.05, 0) is 18.4 Å². The van der Waals surface area contributed by atoms with E-state index >= 15 is 0 Å². The third-order valence-electron chi connectivity index (χ3n) is 2.60. The summed E-state index contributed by atoms with van der Waals surface area (Å²) < 4.78 is 4.86. The van der Waals surface area contributed by atoms with E-state index in [0.717, 1.165) is 0 Å². The average molecular weight is 305 g/mol. The molecule has 0 bridgehead atoms. The number of anilines is 1. The van der Waals surface area contributed by atoms with Gasteiger partial charge in [0.05, 0.1) is 4.88 Å². The van der Waals surface area contributed by atoms with Crippen LogP contribution in [-0.2, 0) is 4.79 Å². The minimum Gasteiger partial charge on any atom is -0.360 e. The highest BCUT2D eigenvalue weighted by molar-refractivity contribution is 7.12. The van der Waals surface area contributed by atoms with Crippen molar-refractivity contribution in [3.8, 4) is 0 Å². The van der Waals surface area contributed by atoms with Gasteiger partial charge in [-0.3, -0.25) is 9.59 Å². The molecule has 0 fully saturated rings. The average Bonchev–Trinajstić information content (AvgIpc) is 3.09. The number of aromatic nitrogens is 1. The topological polar surface area (TPSA) is 75.4 Å². The number of carbonyl (C=O) groups excluding carboxylic acids is 2. The summed E-state index contributed by atoms with van der Waals surface area (Å²) in [6.07, 6.45) is 1.58. The fourth-order valence-corrected chi connectivity index (χ4v) is 2.40. The first-order chi connectivity index (χ1) is 10.1. The van der Waals surface area contributed by atoms with Gasteiger partial charge in [-0.25, -0.2) is 0 Å². The highest BCUT2D eigenvalue weighted by Gasteiger charge is 2.19. The molecule has 1 N–H and O–H groups in total. The van der Waals surface area contributed by atoms with E-state index in [1.807, 2.05) is 5.38 Å². The summed E-state index contributed by atoms with van der Waals surface area (Å²) in [5, 5.41) is 8.08. The predicted molar refractivity (Wildman–Crippen MR) is 80.3 cm³/mol. The van der Waals surface area contributed by atoms with Gasteiger partial charge in [0.1, 0.15) is 12.3 Å². The zero-order valence-electron chi connectivity index (χ0n) is 11.5. The maximum Gasteiger partial charge on any atom is 0.264 e. The maximum absolute atomic E-state index is 12.3. The number of rotatable bonds is 6. The Kier molecular flexibility index (Phi) is 4.89. The number of nitrogens with zero attached hydrogens (tertiary/aromatic N) is 2. The van der Waals surface area contributed by atoms with Crippen LogP contribution in [0.3, 0.4) is 0 Å². The molecule has 7 heteroatoms. The van der Waals surface area contributed by atoms with Crippen molar-refractivity contribution in [1.82, 2.24) is 10.1 Å². The van der Waals surface area contributed by atoms with Gasteiger partial charge in [-0.2, -0.15) is 0 Å². The molecule has 2 heterocycles. The summed E-state index contributed by atoms with van der Waals surface area (Å²) >= 11 is 1.34. The molecule has 0 saturated carbocycles. The van der Waals surface area contributed by atoms with Gasteiger partial charge in [-0.1, -0.05) is 17.3 Å². The fraction of sp³-hybridized carbons (Fsp3) is 0.214. The molecular formula is C14H15N3O3S. The summed E-state index contributed by atoms with van der Waals surface area (Å²) in [7, 11) is 0. The lowest BCUT2D eigenvalue weighted by atomic mass is 10.3. The molecule has 2 aromatic heterocycles. The van der Waals surface area contributed by atoms with E-state index in [1.165, 1.54) is 16.2 Å². The van der Waals surface area contributed by atoms with Crippen LogP contribution in [-0.4, -0.2) is 35.0 Å². The van der Waals surface area contributed by atoms with Crippen molar-refractivity contribution in [2.45, 2.75) is 6.92 Å². The lowest BCUT2D eigenvalue weighted by molar-refractivity contribution is -0.116. The normalized spacial score (nSPS) is 10.1. The van der Waals surface area contributed by atoms with Crippen molar-refractivity contribution >= 4 is 29.0 Å². The molecule has 0 saturated heterocycles. The Morgan fingerprint density at radius 2 is 2.38 bits per heavy atom. The van der Waals surface area contributed by atoms with Crippen molar-refractivity contribution in [2.75, 3.05) is 18.4 Å². The first-order valence-corrected chi connectivity index (χ1v) is 7.15. The Bertz CT molecular complexity index is 634. The third-order valence-corrected chi connectivity index (χ3v) is 3.46. The van der Waals surface area contributed by atoms with Crippen LogP contribution in [0.5, 0.6) is 0 Å². The Hall–Kier alpha value is -2.41. The van der Waals surface area contributed by atoms with Crippen LogP contribution >= 0.6 is 11.3 Å². The first kappa shape index (κ1) is 15.0. The molecule has 0 unspecified atom stereocenters. The molecule has 2 rings (SSSR count). The monoisotopic (exact) mass is 305 g/mol. The van der Waals surface area contributed by atoms with Crippen LogP contribution in [0.2, 0.25) is 0 Å². The number of aryl methyl sites for hydroxylation is 1. The van der Waals surface area contributed by atoms with E-state index in [-0.39, 0.29) is 18.4 Å². The highest BCUT2D eigenvalue weighted by Crippen LogP contribution is 2.12. The highest BCUT2D eigenvalue weighted by atomic mass is 32.1. The van der Waals surface area contributed by atoms with Gasteiger partial charge in [0, 0.05) is 12.6 Å². The number of thiophene rings is 1. The molecule has 2 aromatic rings. The van der Waals surface area contributed by atoms with Gasteiger partial charge >= 0.3 is 0 Å². The molecule has 0 aromatic carbocycles. The number of carbonyl (C=O) groups is 2. The van der Waals surface area contributed by atoms with Gasteiger partial charge < -0.3 is 14.7 Å². The van der Waals surface area contributed by atoms with Crippen molar-refractivity contribution in [3.63, 3.8) is 0 Å². The summed E-state index contributed by atoms with van der Waals surface area (Å²) in [4.78, 5) is 26.2. The van der Waals surface area contributed by atoms with Crippen molar-refractivity contribution in [1.29, 1.82) is 0 Å². The SMILES string of the molecule is C=CCN(CC(=O)Nc1cc(C)on1)C(=O)c1cccs1. The van der Waals surface area contributed by atoms with Gasteiger partial charge in [0.15, 0.2) is 5.82 Å². The predicted octanol–water partition coefficient (Wildman–Crippen LogP) is 2.31. The number of hydrogen-bond acceptors (Lipinski definition) is 5. The minimum atomic E-state index is -0.338. The molecule has 0 atom stereocenters. The van der Waals surface area contributed by atoms with Crippen LogP contribution in [0.4, 0.5) is 5.82 Å². The van der Waals surface area contributed by atoms with Crippen LogP contribution < -0.4 is 5.32 Å². The van der Waals surface area contributed by atoms with Crippen molar-refractivity contribution in [2.24, 2.45) is 0 Å². The fourth-order valence-electron chi connectivity index (χ4n) is 1.71. The summed E-state index contributed by atoms with van der Waals surface area (Å²) in [6.45, 7) is 5.56. The van der Waals surface area contributed by atoms with Crippen LogP contribution in [0.25, 0.3) is 0 Å². The molecule has 6 nitrogen and oxygen atoms in total. The maximum atomic E-state index is 12.3. The second-order valence-electron chi connectivity index (χ2n) is 4.32. The number of nitrogens with one attached hydrogen (secondary N) is 1. The van der Waals surface area contributed by atoms with Gasteiger partial charge in [0.25, 0.3) is 5.91 Å². The van der Waals surface area contributed by atoms with E-state index in [2.05, 4.69) is 17.1 Å². The molecule has 110 valence electrons. The van der Waals surface area contributed by atoms with E-state index in [0.29, 0.717) is 23.0 Å². The Labute approximate surface area is 126 Å². The molecule has 0 aliphatic rings. The smallest absolute Gasteiger partial charge is 0.264 e. The molecule has 0 aliphatic heterocycles. The molecule has 0 radical (unpaired) electrons. The lowest BCUT2D eigenvalue weighted by Crippen LogP contribution is -2.37. The first-order valence-electron chi connectivity index (χ1n) is 6.27. The lowest BCUT2D eigenvalue weighted by Gasteiger charge is -2.19. The van der Waals surface area contributed by atoms with E-state index < -0.39 is 0 Å². The summed E-state index contributed by atoms with van der Waals surface area (Å²) in [6, 6.07) is 5.13. The summed E-state index contributed by atoms with van der Waals surface area (Å²) in [5.74, 6) is 0.397. The Balaban J connectivity index is 2.00. The standard InChI is InChI=1S/C14H15N3O3S/c1-3-6-17(14(19)11-5-4-7-21-11)9-13(18)15-12-8-10(2)20-16-12/h3-5,7-8H,1,6,9H2,2H3,(H,15,16,18). The number of hydrogen-bond donors (Lipinski definition) is 1. The second-order valence-corrected chi connectivity index (χ2v) is 5.27. The van der Waals surface area contributed by atoms with Crippen molar-refractivity contribution in [3.05, 3.63) is 46.9 Å². The van der Waals surface area contributed by atoms with Crippen LogP contribution in [0, 0.1) is 6.92 Å². The van der Waals surface area contributed by atoms with E-state index in [1.54, 1.807) is 31.2 Å². The van der Waals surface area contributed by atoms with Crippen LogP contribution in [0.1, 0.15) is 15.4 Å². The largest absolute Gasteiger partial charge is 0.360 e. The quantitative estimate of drug-likeness (QED) is 0.831. The zero-order valence-corrected chi connectivity index (χ0v) is 12.4. The zero-order chi connectivity index (χ0) is 15.2. The summed E-state index contributed by atoms with van der Waals surface area (Å²) in [5.41, 5.74) is 0. The molecule has 2 amide bonds.